The van der Waals surface area contributed by atoms with Crippen molar-refractivity contribution in [2.24, 2.45) is 0 Å². The van der Waals surface area contributed by atoms with Crippen LogP contribution in [0.15, 0.2) is 76.5 Å². The van der Waals surface area contributed by atoms with E-state index >= 15 is 0 Å². The maximum absolute atomic E-state index is 13.3. The quantitative estimate of drug-likeness (QED) is 0.371. The molecule has 2 fully saturated rings. The van der Waals surface area contributed by atoms with Crippen LogP contribution in [0.4, 0.5) is 0 Å². The SMILES string of the molecule is CCS(=O)(=O)c1cccc(OC[C@@H](O)CN[C@H]2COC3(CCN(S(=O)(=O)c4ccc5ccccc5c4)CC3)C2)c1. The molecule has 2 N–H and O–H groups in total. The number of sulfonamides is 1. The molecule has 3 aromatic carbocycles. The predicted octanol–water partition coefficient (Wildman–Crippen LogP) is 2.98. The third kappa shape index (κ3) is 6.35. The molecule has 0 radical (unpaired) electrons. The number of piperidine rings is 1. The highest BCUT2D eigenvalue weighted by molar-refractivity contribution is 7.91. The molecule has 3 aromatic rings. The Balaban J connectivity index is 1.09. The van der Waals surface area contributed by atoms with Crippen molar-refractivity contribution in [1.82, 2.24) is 9.62 Å². The van der Waals surface area contributed by atoms with Crippen molar-refractivity contribution in [3.63, 3.8) is 0 Å². The molecular formula is C29H36N2O7S2. The van der Waals surface area contributed by atoms with E-state index in [9.17, 15) is 21.9 Å². The number of fused-ring (bicyclic) bond motifs is 1. The minimum atomic E-state index is -3.59. The van der Waals surface area contributed by atoms with E-state index in [4.69, 9.17) is 9.47 Å². The summed E-state index contributed by atoms with van der Waals surface area (Å²) >= 11 is 0. The van der Waals surface area contributed by atoms with Crippen molar-refractivity contribution in [2.75, 3.05) is 38.6 Å². The van der Waals surface area contributed by atoms with E-state index in [-0.39, 0.29) is 28.9 Å². The zero-order valence-electron chi connectivity index (χ0n) is 22.5. The van der Waals surface area contributed by atoms with Gasteiger partial charge < -0.3 is 19.9 Å². The molecule has 1 spiro atoms. The molecule has 2 atom stereocenters. The molecule has 0 bridgehead atoms. The second-order valence-corrected chi connectivity index (χ2v) is 14.8. The lowest BCUT2D eigenvalue weighted by Crippen LogP contribution is -2.47. The van der Waals surface area contributed by atoms with E-state index in [0.717, 1.165) is 17.2 Å². The van der Waals surface area contributed by atoms with E-state index in [1.165, 1.54) is 12.1 Å². The van der Waals surface area contributed by atoms with Crippen LogP contribution in [-0.2, 0) is 24.6 Å². The van der Waals surface area contributed by atoms with E-state index in [0.29, 0.717) is 49.7 Å². The highest BCUT2D eigenvalue weighted by Crippen LogP contribution is 2.37. The molecule has 0 aromatic heterocycles. The molecule has 40 heavy (non-hydrogen) atoms. The van der Waals surface area contributed by atoms with Crippen molar-refractivity contribution in [2.45, 2.75) is 53.7 Å². The van der Waals surface area contributed by atoms with Gasteiger partial charge in [-0.15, -0.1) is 0 Å². The van der Waals surface area contributed by atoms with Gasteiger partial charge in [0.25, 0.3) is 0 Å². The Hall–Kier alpha value is -2.54. The van der Waals surface area contributed by atoms with Gasteiger partial charge in [-0.05, 0) is 60.4 Å². The number of aliphatic hydroxyl groups is 1. The van der Waals surface area contributed by atoms with E-state index < -0.39 is 26.0 Å². The standard InChI is InChI=1S/C29H36N2O7S2/c1-2-39(33,34)27-9-5-8-26(17-27)37-21-25(32)19-30-24-18-29(38-20-24)12-14-31(15-13-29)40(35,36)28-11-10-22-6-3-4-7-23(22)16-28/h3-11,16-17,24-25,30,32H,2,12-15,18-21H2,1H3/t24-,25+/m1/s1. The Kier molecular flexibility index (Phi) is 8.51. The first-order chi connectivity index (χ1) is 19.1. The van der Waals surface area contributed by atoms with Crippen LogP contribution in [0, 0.1) is 0 Å². The lowest BCUT2D eigenvalue weighted by atomic mass is 9.88. The number of rotatable bonds is 10. The maximum atomic E-state index is 13.3. The minimum absolute atomic E-state index is 0.00619. The topological polar surface area (TPSA) is 122 Å². The Morgan fingerprint density at radius 1 is 1.00 bits per heavy atom. The molecule has 2 heterocycles. The number of aliphatic hydroxyl groups excluding tert-OH is 1. The Morgan fingerprint density at radius 3 is 2.50 bits per heavy atom. The summed E-state index contributed by atoms with van der Waals surface area (Å²) in [6.07, 6.45) is 1.17. The zero-order chi connectivity index (χ0) is 28.4. The smallest absolute Gasteiger partial charge is 0.243 e. The van der Waals surface area contributed by atoms with Crippen molar-refractivity contribution in [1.29, 1.82) is 0 Å². The van der Waals surface area contributed by atoms with Gasteiger partial charge >= 0.3 is 0 Å². The number of nitrogens with one attached hydrogen (secondary N) is 1. The number of nitrogens with zero attached hydrogens (tertiary/aromatic N) is 1. The van der Waals surface area contributed by atoms with Crippen LogP contribution in [0.25, 0.3) is 10.8 Å². The number of hydrogen-bond donors (Lipinski definition) is 2. The molecule has 216 valence electrons. The molecule has 11 heteroatoms. The molecule has 2 saturated heterocycles. The summed E-state index contributed by atoms with van der Waals surface area (Å²) in [6.45, 7) is 3.17. The van der Waals surface area contributed by atoms with Gasteiger partial charge in [0.2, 0.25) is 10.0 Å². The monoisotopic (exact) mass is 588 g/mol. The second-order valence-electron chi connectivity index (χ2n) is 10.6. The normalized spacial score (nSPS) is 20.6. The number of sulfone groups is 1. The van der Waals surface area contributed by atoms with Crippen LogP contribution in [0.3, 0.4) is 0 Å². The van der Waals surface area contributed by atoms with Gasteiger partial charge in [0.15, 0.2) is 9.84 Å². The fourth-order valence-electron chi connectivity index (χ4n) is 5.41. The Morgan fingerprint density at radius 2 is 1.75 bits per heavy atom. The van der Waals surface area contributed by atoms with Gasteiger partial charge in [-0.25, -0.2) is 16.8 Å². The highest BCUT2D eigenvalue weighted by Gasteiger charge is 2.44. The van der Waals surface area contributed by atoms with Crippen molar-refractivity contribution < 1.29 is 31.4 Å². The van der Waals surface area contributed by atoms with Gasteiger partial charge in [0.1, 0.15) is 18.5 Å². The summed E-state index contributed by atoms with van der Waals surface area (Å²) in [7, 11) is -6.93. The fraction of sp³-hybridized carbons (Fsp3) is 0.448. The molecule has 0 saturated carbocycles. The summed E-state index contributed by atoms with van der Waals surface area (Å²) in [5.74, 6) is 0.397. The predicted molar refractivity (Wildman–Crippen MR) is 153 cm³/mol. The fourth-order valence-corrected chi connectivity index (χ4v) is 7.81. The molecule has 5 rings (SSSR count). The van der Waals surface area contributed by atoms with Crippen LogP contribution in [0.1, 0.15) is 26.2 Å². The van der Waals surface area contributed by atoms with Gasteiger partial charge in [0, 0.05) is 25.7 Å². The lowest BCUT2D eigenvalue weighted by molar-refractivity contribution is -0.0312. The molecular weight excluding hydrogens is 552 g/mol. The van der Waals surface area contributed by atoms with Crippen LogP contribution in [-0.4, -0.2) is 82.6 Å². The van der Waals surface area contributed by atoms with Gasteiger partial charge in [-0.1, -0.05) is 43.3 Å². The highest BCUT2D eigenvalue weighted by atomic mass is 32.2. The van der Waals surface area contributed by atoms with E-state index in [1.807, 2.05) is 30.3 Å². The summed E-state index contributed by atoms with van der Waals surface area (Å²) in [5, 5.41) is 15.7. The van der Waals surface area contributed by atoms with Gasteiger partial charge in [0.05, 0.1) is 27.8 Å². The van der Waals surface area contributed by atoms with E-state index in [2.05, 4.69) is 5.32 Å². The van der Waals surface area contributed by atoms with Crippen molar-refractivity contribution in [3.8, 4) is 5.75 Å². The Bertz CT molecular complexity index is 1550. The molecule has 0 amide bonds. The lowest BCUT2D eigenvalue weighted by Gasteiger charge is -2.38. The first-order valence-corrected chi connectivity index (χ1v) is 16.7. The van der Waals surface area contributed by atoms with Crippen LogP contribution >= 0.6 is 0 Å². The molecule has 0 aliphatic carbocycles. The summed E-state index contributed by atoms with van der Waals surface area (Å²) in [6, 6.07) is 19.3. The third-order valence-electron chi connectivity index (χ3n) is 7.83. The largest absolute Gasteiger partial charge is 0.491 e. The maximum Gasteiger partial charge on any atom is 0.243 e. The first-order valence-electron chi connectivity index (χ1n) is 13.6. The average Bonchev–Trinajstić information content (AvgIpc) is 3.37. The van der Waals surface area contributed by atoms with Crippen LogP contribution in [0.2, 0.25) is 0 Å². The van der Waals surface area contributed by atoms with Gasteiger partial charge in [-0.3, -0.25) is 0 Å². The molecule has 9 nitrogen and oxygen atoms in total. The number of benzene rings is 3. The van der Waals surface area contributed by atoms with Crippen LogP contribution < -0.4 is 10.1 Å². The molecule has 0 unspecified atom stereocenters. The molecule has 2 aliphatic heterocycles. The third-order valence-corrected chi connectivity index (χ3v) is 11.5. The number of hydrogen-bond acceptors (Lipinski definition) is 8. The molecule has 2 aliphatic rings. The summed E-state index contributed by atoms with van der Waals surface area (Å²) < 4.78 is 64.2. The summed E-state index contributed by atoms with van der Waals surface area (Å²) in [4.78, 5) is 0.508. The zero-order valence-corrected chi connectivity index (χ0v) is 24.2. The van der Waals surface area contributed by atoms with Crippen LogP contribution in [0.5, 0.6) is 5.75 Å². The summed E-state index contributed by atoms with van der Waals surface area (Å²) in [5.41, 5.74) is -0.375. The average molecular weight is 589 g/mol. The van der Waals surface area contributed by atoms with Gasteiger partial charge in [-0.2, -0.15) is 4.31 Å². The minimum Gasteiger partial charge on any atom is -0.491 e. The number of ether oxygens (including phenoxy) is 2. The first kappa shape index (κ1) is 29.0. The van der Waals surface area contributed by atoms with Crippen molar-refractivity contribution in [3.05, 3.63) is 66.7 Å². The van der Waals surface area contributed by atoms with Crippen molar-refractivity contribution >= 4 is 30.6 Å². The Labute approximate surface area is 236 Å². The van der Waals surface area contributed by atoms with E-state index in [1.54, 1.807) is 35.5 Å². The second kappa shape index (κ2) is 11.8.